The molecule has 0 saturated carbocycles. The highest BCUT2D eigenvalue weighted by atomic mass is 32.2. The smallest absolute Gasteiger partial charge is 0.284 e. The predicted molar refractivity (Wildman–Crippen MR) is 115 cm³/mol. The van der Waals surface area contributed by atoms with E-state index in [2.05, 4.69) is 20.4 Å². The van der Waals surface area contributed by atoms with E-state index < -0.39 is 4.92 Å². The van der Waals surface area contributed by atoms with Crippen LogP contribution in [-0.4, -0.2) is 47.2 Å². The second kappa shape index (κ2) is 9.65. The van der Waals surface area contributed by atoms with Gasteiger partial charge in [-0.05, 0) is 42.4 Å². The van der Waals surface area contributed by atoms with Crippen molar-refractivity contribution in [1.29, 1.82) is 0 Å². The molecule has 0 unspecified atom stereocenters. The highest BCUT2D eigenvalue weighted by Gasteiger charge is 2.24. The quantitative estimate of drug-likeness (QED) is 0.263. The Bertz CT molecular complexity index is 1270. The average molecular weight is 469 g/mol. The van der Waals surface area contributed by atoms with Gasteiger partial charge >= 0.3 is 0 Å². The third-order valence-corrected chi connectivity index (χ3v) is 5.70. The van der Waals surface area contributed by atoms with Gasteiger partial charge in [-0.2, -0.15) is 0 Å². The maximum Gasteiger partial charge on any atom is 0.284 e. The lowest BCUT2D eigenvalue weighted by molar-refractivity contribution is -0.387. The summed E-state index contributed by atoms with van der Waals surface area (Å²) in [5.41, 5.74) is -0.00793. The van der Waals surface area contributed by atoms with E-state index in [0.717, 1.165) is 11.8 Å². The average Bonchev–Trinajstić information content (AvgIpc) is 3.56. The molecule has 12 nitrogen and oxygen atoms in total. The Kier molecular flexibility index (Phi) is 6.49. The van der Waals surface area contributed by atoms with E-state index in [4.69, 9.17) is 8.83 Å². The van der Waals surface area contributed by atoms with Gasteiger partial charge in [0, 0.05) is 25.2 Å². The molecule has 4 rings (SSSR count). The van der Waals surface area contributed by atoms with Crippen molar-refractivity contribution in [2.45, 2.75) is 29.9 Å². The number of benzene rings is 1. The van der Waals surface area contributed by atoms with Gasteiger partial charge in [-0.25, -0.2) is 0 Å². The standard InChI is InChI=1S/C20H19N7O5S/c1-3-8-26(11-17-22-23-18(32-17)15-5-4-9-31-15)19(28)13-6-7-16(14(10-13)27(29)30)33-20-24-21-12-25(20)2/h4-7,9-10,12H,3,8,11H2,1-2H3. The van der Waals surface area contributed by atoms with Crippen LogP contribution in [0.5, 0.6) is 0 Å². The number of carbonyl (C=O) groups is 1. The summed E-state index contributed by atoms with van der Waals surface area (Å²) < 4.78 is 12.5. The second-order valence-corrected chi connectivity index (χ2v) is 7.98. The summed E-state index contributed by atoms with van der Waals surface area (Å²) in [5, 5.41) is 27.8. The van der Waals surface area contributed by atoms with Gasteiger partial charge < -0.3 is 18.3 Å². The molecule has 4 aromatic rings. The molecule has 3 aromatic heterocycles. The van der Waals surface area contributed by atoms with Crippen LogP contribution in [-0.2, 0) is 13.6 Å². The molecule has 0 saturated heterocycles. The number of aromatic nitrogens is 5. The minimum atomic E-state index is -0.521. The van der Waals surface area contributed by atoms with Crippen LogP contribution in [0, 0.1) is 10.1 Å². The van der Waals surface area contributed by atoms with E-state index in [1.807, 2.05) is 6.92 Å². The van der Waals surface area contributed by atoms with Crippen molar-refractivity contribution >= 4 is 23.4 Å². The van der Waals surface area contributed by atoms with Crippen LogP contribution in [0.3, 0.4) is 0 Å². The first kappa shape index (κ1) is 22.2. The SMILES string of the molecule is CCCN(Cc1nnc(-c2ccco2)o1)C(=O)c1ccc(Sc2nncn2C)c([N+](=O)[O-])c1. The maximum absolute atomic E-state index is 13.2. The molecule has 1 aromatic carbocycles. The number of carbonyl (C=O) groups excluding carboxylic acids is 1. The van der Waals surface area contributed by atoms with Crippen LogP contribution in [0.2, 0.25) is 0 Å². The Morgan fingerprint density at radius 2 is 2.12 bits per heavy atom. The normalized spacial score (nSPS) is 11.0. The number of nitro groups is 1. The molecular formula is C20H19N7O5S. The lowest BCUT2D eigenvalue weighted by atomic mass is 10.1. The summed E-state index contributed by atoms with van der Waals surface area (Å²) in [4.78, 5) is 26.2. The zero-order valence-electron chi connectivity index (χ0n) is 17.7. The van der Waals surface area contributed by atoms with Crippen molar-refractivity contribution in [3.05, 3.63) is 64.5 Å². The summed E-state index contributed by atoms with van der Waals surface area (Å²) >= 11 is 1.10. The fraction of sp³-hybridized carbons (Fsp3) is 0.250. The summed E-state index contributed by atoms with van der Waals surface area (Å²) in [7, 11) is 1.74. The van der Waals surface area contributed by atoms with Gasteiger partial charge in [0.05, 0.1) is 22.6 Å². The Morgan fingerprint density at radius 3 is 2.79 bits per heavy atom. The van der Waals surface area contributed by atoms with Gasteiger partial charge in [-0.3, -0.25) is 14.9 Å². The van der Waals surface area contributed by atoms with Crippen LogP contribution in [0.25, 0.3) is 11.7 Å². The first-order valence-electron chi connectivity index (χ1n) is 9.92. The number of furan rings is 1. The molecule has 0 spiro atoms. The minimum absolute atomic E-state index is 0.0591. The molecule has 0 aliphatic carbocycles. The Morgan fingerprint density at radius 1 is 1.27 bits per heavy atom. The van der Waals surface area contributed by atoms with E-state index in [1.165, 1.54) is 29.6 Å². The van der Waals surface area contributed by atoms with Crippen molar-refractivity contribution in [2.24, 2.45) is 7.05 Å². The number of aryl methyl sites for hydroxylation is 1. The number of rotatable bonds is 9. The van der Waals surface area contributed by atoms with Gasteiger partial charge in [0.25, 0.3) is 17.5 Å². The molecule has 0 atom stereocenters. The first-order valence-corrected chi connectivity index (χ1v) is 10.7. The molecule has 0 fully saturated rings. The molecule has 0 aliphatic heterocycles. The number of hydrogen-bond donors (Lipinski definition) is 0. The Hall–Kier alpha value is -4.00. The lowest BCUT2D eigenvalue weighted by Crippen LogP contribution is -2.31. The maximum atomic E-state index is 13.2. The van der Waals surface area contributed by atoms with Crippen molar-refractivity contribution in [2.75, 3.05) is 6.54 Å². The molecular weight excluding hydrogens is 450 g/mol. The van der Waals surface area contributed by atoms with Crippen molar-refractivity contribution in [3.63, 3.8) is 0 Å². The van der Waals surface area contributed by atoms with E-state index in [1.54, 1.807) is 29.8 Å². The zero-order valence-corrected chi connectivity index (χ0v) is 18.6. The highest BCUT2D eigenvalue weighted by molar-refractivity contribution is 7.99. The monoisotopic (exact) mass is 469 g/mol. The van der Waals surface area contributed by atoms with Crippen LogP contribution in [0.15, 0.2) is 61.8 Å². The largest absolute Gasteiger partial charge is 0.459 e. The lowest BCUT2D eigenvalue weighted by Gasteiger charge is -2.20. The Balaban J connectivity index is 1.57. The summed E-state index contributed by atoms with van der Waals surface area (Å²) in [6.07, 6.45) is 3.67. The van der Waals surface area contributed by atoms with Crippen LogP contribution in [0.1, 0.15) is 29.6 Å². The molecule has 0 bridgehead atoms. The predicted octanol–water partition coefficient (Wildman–Crippen LogP) is 3.57. The van der Waals surface area contributed by atoms with E-state index in [-0.39, 0.29) is 35.5 Å². The highest BCUT2D eigenvalue weighted by Crippen LogP contribution is 2.34. The molecule has 1 amide bonds. The third kappa shape index (κ3) is 4.92. The fourth-order valence-corrected chi connectivity index (χ4v) is 3.88. The van der Waals surface area contributed by atoms with Gasteiger partial charge in [0.15, 0.2) is 10.9 Å². The molecule has 33 heavy (non-hydrogen) atoms. The van der Waals surface area contributed by atoms with Crippen molar-refractivity contribution in [1.82, 2.24) is 29.9 Å². The topological polar surface area (TPSA) is 146 Å². The number of hydrogen-bond acceptors (Lipinski definition) is 10. The molecule has 3 heterocycles. The molecule has 0 radical (unpaired) electrons. The van der Waals surface area contributed by atoms with Crippen LogP contribution in [0.4, 0.5) is 5.69 Å². The minimum Gasteiger partial charge on any atom is -0.459 e. The second-order valence-electron chi connectivity index (χ2n) is 6.97. The summed E-state index contributed by atoms with van der Waals surface area (Å²) in [6, 6.07) is 7.75. The van der Waals surface area contributed by atoms with E-state index in [0.29, 0.717) is 28.8 Å². The van der Waals surface area contributed by atoms with Gasteiger partial charge in [0.1, 0.15) is 6.33 Å². The molecule has 0 N–H and O–H groups in total. The summed E-state index contributed by atoms with van der Waals surface area (Å²) in [6.45, 7) is 2.38. The Labute approximate surface area is 191 Å². The van der Waals surface area contributed by atoms with Gasteiger partial charge in [0.2, 0.25) is 5.89 Å². The summed E-state index contributed by atoms with van der Waals surface area (Å²) in [5.74, 6) is 0.480. The fourth-order valence-electron chi connectivity index (χ4n) is 3.03. The first-order chi connectivity index (χ1) is 16.0. The van der Waals surface area contributed by atoms with E-state index >= 15 is 0 Å². The zero-order chi connectivity index (χ0) is 23.4. The van der Waals surface area contributed by atoms with E-state index in [9.17, 15) is 14.9 Å². The van der Waals surface area contributed by atoms with Gasteiger partial charge in [-0.1, -0.05) is 6.92 Å². The third-order valence-electron chi connectivity index (χ3n) is 4.58. The van der Waals surface area contributed by atoms with Crippen LogP contribution < -0.4 is 0 Å². The van der Waals surface area contributed by atoms with Crippen molar-refractivity contribution < 1.29 is 18.6 Å². The number of amides is 1. The van der Waals surface area contributed by atoms with Crippen molar-refractivity contribution in [3.8, 4) is 11.7 Å². The molecule has 0 aliphatic rings. The van der Waals surface area contributed by atoms with Crippen LogP contribution >= 0.6 is 11.8 Å². The number of nitrogens with zero attached hydrogens (tertiary/aromatic N) is 7. The van der Waals surface area contributed by atoms with Gasteiger partial charge in [-0.15, -0.1) is 20.4 Å². The number of nitro benzene ring substituents is 1. The molecule has 170 valence electrons. The molecule has 13 heteroatoms.